The van der Waals surface area contributed by atoms with Crippen LogP contribution in [0.2, 0.25) is 0 Å². The molecule has 1 fully saturated rings. The summed E-state index contributed by atoms with van der Waals surface area (Å²) in [6.45, 7) is 0. The number of carbonyl (C=O) groups excluding carboxylic acids is 2. The Morgan fingerprint density at radius 1 is 1.08 bits per heavy atom. The van der Waals surface area contributed by atoms with Gasteiger partial charge in [-0.3, -0.25) is 9.59 Å². The van der Waals surface area contributed by atoms with Crippen molar-refractivity contribution in [2.24, 2.45) is 5.73 Å². The fourth-order valence-corrected chi connectivity index (χ4v) is 3.47. The van der Waals surface area contributed by atoms with E-state index in [1.54, 1.807) is 18.2 Å². The topological polar surface area (TPSA) is 85.1 Å². The number of hydrogen-bond donors (Lipinski definition) is 2. The molecule has 1 heterocycles. The number of carbonyl (C=O) groups is 2. The van der Waals surface area contributed by atoms with Gasteiger partial charge in [-0.15, -0.1) is 11.3 Å². The van der Waals surface area contributed by atoms with Gasteiger partial charge in [0.05, 0.1) is 10.2 Å². The molecule has 1 aromatic heterocycles. The zero-order valence-corrected chi connectivity index (χ0v) is 13.6. The van der Waals surface area contributed by atoms with Crippen LogP contribution in [0.4, 0.5) is 0 Å². The molecule has 5 nitrogen and oxygen atoms in total. The Morgan fingerprint density at radius 3 is 2.46 bits per heavy atom. The summed E-state index contributed by atoms with van der Waals surface area (Å²) in [7, 11) is 0. The van der Waals surface area contributed by atoms with Crippen molar-refractivity contribution in [3.05, 3.63) is 53.6 Å². The molecule has 3 aromatic rings. The van der Waals surface area contributed by atoms with Crippen LogP contribution in [-0.4, -0.2) is 22.8 Å². The van der Waals surface area contributed by atoms with Crippen LogP contribution in [0.5, 0.6) is 0 Å². The first kappa shape index (κ1) is 14.8. The largest absolute Gasteiger partial charge is 0.366 e. The Bertz CT molecular complexity index is 943. The molecular formula is C18H15N3O2S. The number of amides is 2. The number of nitrogens with zero attached hydrogens (tertiary/aromatic N) is 1. The molecule has 4 rings (SSSR count). The molecule has 2 amide bonds. The smallest absolute Gasteiger partial charge is 0.251 e. The predicted molar refractivity (Wildman–Crippen MR) is 94.1 cm³/mol. The third-order valence-electron chi connectivity index (χ3n) is 3.98. The second kappa shape index (κ2) is 5.72. The zero-order valence-electron chi connectivity index (χ0n) is 12.8. The second-order valence-corrected chi connectivity index (χ2v) is 6.92. The lowest BCUT2D eigenvalue weighted by Gasteiger charge is -2.03. The summed E-state index contributed by atoms with van der Waals surface area (Å²) < 4.78 is 0.914. The summed E-state index contributed by atoms with van der Waals surface area (Å²) >= 11 is 1.50. The molecule has 1 saturated carbocycles. The average Bonchev–Trinajstić information content (AvgIpc) is 3.29. The van der Waals surface area contributed by atoms with E-state index < -0.39 is 5.91 Å². The number of aromatic nitrogens is 1. The maximum absolute atomic E-state index is 12.0. The van der Waals surface area contributed by atoms with Crippen LogP contribution in [-0.2, 0) is 0 Å². The molecular weight excluding hydrogens is 322 g/mol. The highest BCUT2D eigenvalue weighted by atomic mass is 32.1. The first-order valence-electron chi connectivity index (χ1n) is 7.72. The number of nitrogens with one attached hydrogen (secondary N) is 1. The van der Waals surface area contributed by atoms with Crippen LogP contribution in [0.15, 0.2) is 42.5 Å². The fourth-order valence-electron chi connectivity index (χ4n) is 2.46. The van der Waals surface area contributed by atoms with Gasteiger partial charge in [-0.1, -0.05) is 12.1 Å². The third-order valence-corrected chi connectivity index (χ3v) is 5.05. The third kappa shape index (κ3) is 2.88. The minimum atomic E-state index is -0.446. The molecule has 0 atom stereocenters. The lowest BCUT2D eigenvalue weighted by molar-refractivity contribution is 0.0949. The Labute approximate surface area is 142 Å². The predicted octanol–water partition coefficient (Wildman–Crippen LogP) is 2.95. The molecule has 120 valence electrons. The normalized spacial score (nSPS) is 13.8. The molecule has 1 aliphatic carbocycles. The number of rotatable bonds is 4. The van der Waals surface area contributed by atoms with Crippen LogP contribution in [0, 0.1) is 0 Å². The van der Waals surface area contributed by atoms with E-state index in [4.69, 9.17) is 5.73 Å². The van der Waals surface area contributed by atoms with Crippen LogP contribution in [0.3, 0.4) is 0 Å². The minimum absolute atomic E-state index is 0.0283. The fraction of sp³-hybridized carbons (Fsp3) is 0.167. The highest BCUT2D eigenvalue weighted by Gasteiger charge is 2.23. The van der Waals surface area contributed by atoms with E-state index in [1.165, 1.54) is 11.3 Å². The van der Waals surface area contributed by atoms with Gasteiger partial charge in [0, 0.05) is 22.7 Å². The number of fused-ring (bicyclic) bond motifs is 1. The van der Waals surface area contributed by atoms with E-state index in [1.807, 2.05) is 24.3 Å². The van der Waals surface area contributed by atoms with Crippen LogP contribution in [0.1, 0.15) is 33.6 Å². The van der Waals surface area contributed by atoms with Gasteiger partial charge >= 0.3 is 0 Å². The number of benzene rings is 2. The van der Waals surface area contributed by atoms with Crippen molar-refractivity contribution in [2.75, 3.05) is 0 Å². The van der Waals surface area contributed by atoms with Gasteiger partial charge in [-0.05, 0) is 43.2 Å². The minimum Gasteiger partial charge on any atom is -0.366 e. The van der Waals surface area contributed by atoms with Crippen molar-refractivity contribution >= 4 is 33.4 Å². The number of hydrogen-bond acceptors (Lipinski definition) is 4. The van der Waals surface area contributed by atoms with E-state index in [9.17, 15) is 9.59 Å². The molecule has 0 bridgehead atoms. The van der Waals surface area contributed by atoms with Crippen molar-refractivity contribution in [3.63, 3.8) is 0 Å². The highest BCUT2D eigenvalue weighted by molar-refractivity contribution is 7.21. The molecule has 6 heteroatoms. The van der Waals surface area contributed by atoms with E-state index in [0.29, 0.717) is 17.2 Å². The molecule has 24 heavy (non-hydrogen) atoms. The van der Waals surface area contributed by atoms with E-state index >= 15 is 0 Å². The van der Waals surface area contributed by atoms with Gasteiger partial charge in [0.1, 0.15) is 5.01 Å². The zero-order chi connectivity index (χ0) is 16.7. The molecule has 0 radical (unpaired) electrons. The van der Waals surface area contributed by atoms with Crippen LogP contribution >= 0.6 is 11.3 Å². The Hall–Kier alpha value is -2.73. The lowest BCUT2D eigenvalue weighted by atomic mass is 10.1. The van der Waals surface area contributed by atoms with Crippen LogP contribution < -0.4 is 11.1 Å². The van der Waals surface area contributed by atoms with Gasteiger partial charge in [-0.2, -0.15) is 0 Å². The average molecular weight is 337 g/mol. The summed E-state index contributed by atoms with van der Waals surface area (Å²) in [6, 6.07) is 13.0. The van der Waals surface area contributed by atoms with Gasteiger partial charge in [0.2, 0.25) is 5.91 Å². The molecule has 0 saturated heterocycles. The second-order valence-electron chi connectivity index (χ2n) is 5.89. The van der Waals surface area contributed by atoms with Crippen molar-refractivity contribution in [1.82, 2.24) is 10.3 Å². The summed E-state index contributed by atoms with van der Waals surface area (Å²) in [5, 5.41) is 3.82. The molecule has 2 aromatic carbocycles. The quantitative estimate of drug-likeness (QED) is 0.767. The first-order chi connectivity index (χ1) is 11.6. The maximum Gasteiger partial charge on any atom is 0.251 e. The highest BCUT2D eigenvalue weighted by Crippen LogP contribution is 2.31. The van der Waals surface area contributed by atoms with Crippen molar-refractivity contribution in [3.8, 4) is 10.6 Å². The van der Waals surface area contributed by atoms with E-state index in [2.05, 4.69) is 10.3 Å². The number of thiazole rings is 1. The van der Waals surface area contributed by atoms with Crippen molar-refractivity contribution in [1.29, 1.82) is 0 Å². The Kier molecular flexibility index (Phi) is 3.54. The van der Waals surface area contributed by atoms with E-state index in [-0.39, 0.29) is 5.91 Å². The van der Waals surface area contributed by atoms with Crippen molar-refractivity contribution in [2.45, 2.75) is 18.9 Å². The SMILES string of the molecule is NC(=O)c1ccc2nc(-c3ccc(C(=O)NC4CC4)cc3)sc2c1. The molecule has 1 aliphatic rings. The summed E-state index contributed by atoms with van der Waals surface area (Å²) in [6.07, 6.45) is 2.14. The molecule has 3 N–H and O–H groups in total. The summed E-state index contributed by atoms with van der Waals surface area (Å²) in [5.41, 5.74) is 8.22. The summed E-state index contributed by atoms with van der Waals surface area (Å²) in [4.78, 5) is 27.9. The standard InChI is InChI=1S/C18H15N3O2S/c19-16(22)12-5-8-14-15(9-12)24-18(21-14)11-3-1-10(2-4-11)17(23)20-13-6-7-13/h1-5,8-9,13H,6-7H2,(H2,19,22)(H,20,23). The van der Waals surface area contributed by atoms with E-state index in [0.717, 1.165) is 33.6 Å². The van der Waals surface area contributed by atoms with Crippen LogP contribution in [0.25, 0.3) is 20.8 Å². The Balaban J connectivity index is 1.61. The molecule has 0 spiro atoms. The maximum atomic E-state index is 12.0. The summed E-state index contributed by atoms with van der Waals surface area (Å²) in [5.74, 6) is -0.475. The van der Waals surface area contributed by atoms with Gasteiger partial charge < -0.3 is 11.1 Å². The lowest BCUT2D eigenvalue weighted by Crippen LogP contribution is -2.25. The Morgan fingerprint density at radius 2 is 1.79 bits per heavy atom. The van der Waals surface area contributed by atoms with Gasteiger partial charge in [0.15, 0.2) is 0 Å². The molecule has 0 aliphatic heterocycles. The first-order valence-corrected chi connectivity index (χ1v) is 8.53. The van der Waals surface area contributed by atoms with Gasteiger partial charge in [0.25, 0.3) is 5.91 Å². The monoisotopic (exact) mass is 337 g/mol. The molecule has 0 unspecified atom stereocenters. The number of nitrogens with two attached hydrogens (primary N) is 1. The van der Waals surface area contributed by atoms with Crippen molar-refractivity contribution < 1.29 is 9.59 Å². The van der Waals surface area contributed by atoms with Gasteiger partial charge in [-0.25, -0.2) is 4.98 Å². The number of primary amides is 1.